The van der Waals surface area contributed by atoms with Crippen LogP contribution in [0.1, 0.15) is 30.4 Å². The Bertz CT molecular complexity index is 549. The molecule has 0 saturated heterocycles. The van der Waals surface area contributed by atoms with Crippen LogP contribution in [-0.2, 0) is 0 Å². The maximum absolute atomic E-state index is 7.36. The van der Waals surface area contributed by atoms with Crippen molar-refractivity contribution in [3.05, 3.63) is 65.7 Å². The summed E-state index contributed by atoms with van der Waals surface area (Å²) in [5, 5.41) is 7.36. The molecule has 3 heteroatoms. The molecule has 20 heavy (non-hydrogen) atoms. The van der Waals surface area contributed by atoms with Crippen molar-refractivity contribution in [2.75, 3.05) is 6.61 Å². The first-order chi connectivity index (χ1) is 9.70. The first kappa shape index (κ1) is 14.1. The molecular formula is C17H20N2O. The lowest BCUT2D eigenvalue weighted by Crippen LogP contribution is -2.11. The van der Waals surface area contributed by atoms with Crippen LogP contribution in [0.5, 0.6) is 5.75 Å². The molecule has 0 aliphatic rings. The Morgan fingerprint density at radius 3 is 2.30 bits per heavy atom. The number of amidine groups is 1. The van der Waals surface area contributed by atoms with Gasteiger partial charge in [-0.2, -0.15) is 0 Å². The highest BCUT2D eigenvalue weighted by Gasteiger charge is 2.09. The summed E-state index contributed by atoms with van der Waals surface area (Å²) >= 11 is 0. The molecule has 1 unspecified atom stereocenters. The van der Waals surface area contributed by atoms with E-state index in [4.69, 9.17) is 15.9 Å². The van der Waals surface area contributed by atoms with E-state index in [2.05, 4.69) is 31.2 Å². The van der Waals surface area contributed by atoms with Crippen LogP contribution in [-0.4, -0.2) is 12.4 Å². The number of nitrogens with two attached hydrogens (primary N) is 1. The summed E-state index contributed by atoms with van der Waals surface area (Å²) in [6, 6.07) is 17.7. The number of ether oxygens (including phenoxy) is 1. The largest absolute Gasteiger partial charge is 0.493 e. The van der Waals surface area contributed by atoms with E-state index in [1.54, 1.807) is 12.1 Å². The Hall–Kier alpha value is -2.29. The molecule has 0 radical (unpaired) electrons. The smallest absolute Gasteiger partial charge is 0.122 e. The average Bonchev–Trinajstić information content (AvgIpc) is 2.49. The van der Waals surface area contributed by atoms with Gasteiger partial charge in [-0.15, -0.1) is 0 Å². The molecule has 2 aromatic rings. The van der Waals surface area contributed by atoms with Gasteiger partial charge in [-0.1, -0.05) is 37.3 Å². The predicted octanol–water partition coefficient (Wildman–Crippen LogP) is 3.54. The minimum atomic E-state index is 0.0762. The molecule has 0 aliphatic carbocycles. The summed E-state index contributed by atoms with van der Waals surface area (Å²) in [4.78, 5) is 0. The second kappa shape index (κ2) is 6.75. The molecule has 0 aromatic heterocycles. The summed E-state index contributed by atoms with van der Waals surface area (Å²) < 4.78 is 5.84. The molecule has 3 nitrogen and oxygen atoms in total. The number of nitrogen functional groups attached to an aromatic ring is 1. The Kier molecular flexibility index (Phi) is 4.77. The van der Waals surface area contributed by atoms with E-state index >= 15 is 0 Å². The molecule has 0 heterocycles. The van der Waals surface area contributed by atoms with Gasteiger partial charge in [-0.05, 0) is 36.2 Å². The van der Waals surface area contributed by atoms with E-state index in [1.165, 1.54) is 5.56 Å². The molecule has 2 rings (SSSR count). The Morgan fingerprint density at radius 2 is 1.75 bits per heavy atom. The minimum Gasteiger partial charge on any atom is -0.493 e. The van der Waals surface area contributed by atoms with Crippen LogP contribution in [0.25, 0.3) is 0 Å². The lowest BCUT2D eigenvalue weighted by molar-refractivity contribution is 0.285. The number of rotatable bonds is 6. The predicted molar refractivity (Wildman–Crippen MR) is 82.4 cm³/mol. The van der Waals surface area contributed by atoms with Crippen molar-refractivity contribution in [2.45, 2.75) is 19.3 Å². The van der Waals surface area contributed by atoms with Gasteiger partial charge in [0, 0.05) is 11.5 Å². The van der Waals surface area contributed by atoms with E-state index < -0.39 is 0 Å². The van der Waals surface area contributed by atoms with Crippen molar-refractivity contribution < 1.29 is 4.74 Å². The second-order valence-electron chi connectivity index (χ2n) is 4.76. The fourth-order valence-corrected chi connectivity index (χ4v) is 2.10. The lowest BCUT2D eigenvalue weighted by atomic mass is 9.97. The van der Waals surface area contributed by atoms with E-state index in [0.717, 1.165) is 12.2 Å². The van der Waals surface area contributed by atoms with E-state index in [9.17, 15) is 0 Å². The van der Waals surface area contributed by atoms with Gasteiger partial charge in [0.05, 0.1) is 6.61 Å². The summed E-state index contributed by atoms with van der Waals surface area (Å²) in [6.07, 6.45) is 1.04. The van der Waals surface area contributed by atoms with Crippen LogP contribution in [0, 0.1) is 5.41 Å². The molecule has 0 amide bonds. The highest BCUT2D eigenvalue weighted by atomic mass is 16.5. The van der Waals surface area contributed by atoms with Gasteiger partial charge in [0.1, 0.15) is 11.6 Å². The molecule has 0 bridgehead atoms. The fraction of sp³-hybridized carbons (Fsp3) is 0.235. The van der Waals surface area contributed by atoms with Gasteiger partial charge in [-0.25, -0.2) is 0 Å². The standard InChI is InChI=1S/C17H20N2O/c1-2-13(14-6-4-3-5-7-14)12-20-16-10-8-15(9-11-16)17(18)19/h3-11,13H,2,12H2,1H3,(H3,18,19). The number of benzene rings is 2. The molecular weight excluding hydrogens is 248 g/mol. The third-order valence-corrected chi connectivity index (χ3v) is 3.38. The topological polar surface area (TPSA) is 59.1 Å². The van der Waals surface area contributed by atoms with Gasteiger partial charge in [0.25, 0.3) is 0 Å². The molecule has 0 fully saturated rings. The van der Waals surface area contributed by atoms with Crippen LogP contribution >= 0.6 is 0 Å². The van der Waals surface area contributed by atoms with Crippen molar-refractivity contribution in [3.8, 4) is 5.75 Å². The quantitative estimate of drug-likeness (QED) is 0.622. The van der Waals surface area contributed by atoms with Crippen molar-refractivity contribution >= 4 is 5.84 Å². The maximum Gasteiger partial charge on any atom is 0.122 e. The van der Waals surface area contributed by atoms with Gasteiger partial charge >= 0.3 is 0 Å². The molecule has 104 valence electrons. The van der Waals surface area contributed by atoms with Crippen molar-refractivity contribution in [1.29, 1.82) is 5.41 Å². The lowest BCUT2D eigenvalue weighted by Gasteiger charge is -2.16. The Morgan fingerprint density at radius 1 is 1.10 bits per heavy atom. The molecule has 0 aliphatic heterocycles. The average molecular weight is 268 g/mol. The monoisotopic (exact) mass is 268 g/mol. The zero-order valence-electron chi connectivity index (χ0n) is 11.7. The van der Waals surface area contributed by atoms with E-state index in [1.807, 2.05) is 18.2 Å². The zero-order valence-corrected chi connectivity index (χ0v) is 11.7. The highest BCUT2D eigenvalue weighted by molar-refractivity contribution is 5.94. The van der Waals surface area contributed by atoms with Gasteiger partial charge in [0.15, 0.2) is 0 Å². The number of hydrogen-bond donors (Lipinski definition) is 2. The zero-order chi connectivity index (χ0) is 14.4. The molecule has 0 spiro atoms. The van der Waals surface area contributed by atoms with Crippen molar-refractivity contribution in [2.24, 2.45) is 5.73 Å². The Balaban J connectivity index is 1.98. The molecule has 0 saturated carbocycles. The third kappa shape index (κ3) is 3.60. The van der Waals surface area contributed by atoms with Crippen molar-refractivity contribution in [3.63, 3.8) is 0 Å². The summed E-state index contributed by atoms with van der Waals surface area (Å²) in [5.74, 6) is 1.28. The molecule has 3 N–H and O–H groups in total. The van der Waals surface area contributed by atoms with E-state index in [0.29, 0.717) is 18.1 Å². The van der Waals surface area contributed by atoms with Gasteiger partial charge < -0.3 is 10.5 Å². The van der Waals surface area contributed by atoms with Crippen LogP contribution in [0.2, 0.25) is 0 Å². The Labute approximate surface area is 119 Å². The van der Waals surface area contributed by atoms with Crippen LogP contribution in [0.4, 0.5) is 0 Å². The van der Waals surface area contributed by atoms with Gasteiger partial charge in [0.2, 0.25) is 0 Å². The first-order valence-electron chi connectivity index (χ1n) is 6.83. The molecule has 2 aromatic carbocycles. The SMILES string of the molecule is CCC(COc1ccc(C(=N)N)cc1)c1ccccc1. The van der Waals surface area contributed by atoms with Crippen LogP contribution in [0.3, 0.4) is 0 Å². The fourth-order valence-electron chi connectivity index (χ4n) is 2.10. The van der Waals surface area contributed by atoms with Crippen LogP contribution in [0.15, 0.2) is 54.6 Å². The van der Waals surface area contributed by atoms with Crippen molar-refractivity contribution in [1.82, 2.24) is 0 Å². The normalized spacial score (nSPS) is 11.8. The maximum atomic E-state index is 7.36. The summed E-state index contributed by atoms with van der Waals surface area (Å²) in [6.45, 7) is 2.82. The first-order valence-corrected chi connectivity index (χ1v) is 6.83. The number of hydrogen-bond acceptors (Lipinski definition) is 2. The summed E-state index contributed by atoms with van der Waals surface area (Å²) in [5.41, 5.74) is 7.44. The highest BCUT2D eigenvalue weighted by Crippen LogP contribution is 2.21. The van der Waals surface area contributed by atoms with E-state index in [-0.39, 0.29) is 5.84 Å². The third-order valence-electron chi connectivity index (χ3n) is 3.38. The summed E-state index contributed by atoms with van der Waals surface area (Å²) in [7, 11) is 0. The second-order valence-corrected chi connectivity index (χ2v) is 4.76. The minimum absolute atomic E-state index is 0.0762. The molecule has 1 atom stereocenters. The van der Waals surface area contributed by atoms with Gasteiger partial charge in [-0.3, -0.25) is 5.41 Å². The van der Waals surface area contributed by atoms with Crippen LogP contribution < -0.4 is 10.5 Å². The number of nitrogens with one attached hydrogen (secondary N) is 1.